The maximum atomic E-state index is 3.81. The second kappa shape index (κ2) is 5.65. The van der Waals surface area contributed by atoms with E-state index in [9.17, 15) is 0 Å². The average Bonchev–Trinajstić information content (AvgIpc) is 2.58. The highest BCUT2D eigenvalue weighted by Gasteiger charge is 2.36. The van der Waals surface area contributed by atoms with Gasteiger partial charge in [0.25, 0.3) is 0 Å². The summed E-state index contributed by atoms with van der Waals surface area (Å²) in [4.78, 5) is 0. The van der Waals surface area contributed by atoms with E-state index in [0.717, 1.165) is 6.42 Å². The highest BCUT2D eigenvalue weighted by molar-refractivity contribution is 14.1. The van der Waals surface area contributed by atoms with Crippen LogP contribution in [0, 0.1) is 3.57 Å². The first-order valence-electron chi connectivity index (χ1n) is 6.22. The highest BCUT2D eigenvalue weighted by Crippen LogP contribution is 2.47. The minimum absolute atomic E-state index is 0.314. The molecule has 0 fully saturated rings. The molecule has 0 amide bonds. The summed E-state index contributed by atoms with van der Waals surface area (Å²) in [5.41, 5.74) is 3.40. The van der Waals surface area contributed by atoms with E-state index in [0.29, 0.717) is 11.3 Å². The summed E-state index contributed by atoms with van der Waals surface area (Å²) in [5.74, 6) is 0.664. The van der Waals surface area contributed by atoms with E-state index in [1.807, 2.05) is 6.08 Å². The molecule has 1 aromatic carbocycles. The van der Waals surface area contributed by atoms with Crippen molar-refractivity contribution in [2.24, 2.45) is 0 Å². The summed E-state index contributed by atoms with van der Waals surface area (Å²) in [6.07, 6.45) is 6.61. The lowest BCUT2D eigenvalue weighted by molar-refractivity contribution is 0.476. The Morgan fingerprint density at radius 1 is 1.50 bits per heavy atom. The molecule has 1 atom stereocenters. The fraction of sp³-hybridized carbons (Fsp3) is 0.375. The zero-order valence-electron chi connectivity index (χ0n) is 10.8. The molecule has 0 aromatic heterocycles. The Hall–Kier alpha value is 0.160. The number of allylic oxidation sites excluding steroid dienone is 3. The SMILES string of the molecule is C=C/C(I)=C\C[C@H]1CC(C)(C)c2cc(I)ccc21. The molecule has 0 radical (unpaired) electrons. The number of benzene rings is 1. The van der Waals surface area contributed by atoms with Gasteiger partial charge in [0.1, 0.15) is 0 Å². The summed E-state index contributed by atoms with van der Waals surface area (Å²) in [6.45, 7) is 8.54. The summed E-state index contributed by atoms with van der Waals surface area (Å²) < 4.78 is 2.60. The Morgan fingerprint density at radius 3 is 2.89 bits per heavy atom. The van der Waals surface area contributed by atoms with Gasteiger partial charge in [-0.05, 0) is 92.6 Å². The van der Waals surface area contributed by atoms with Crippen LogP contribution in [0.15, 0.2) is 40.5 Å². The van der Waals surface area contributed by atoms with Gasteiger partial charge < -0.3 is 0 Å². The molecule has 1 aromatic rings. The Morgan fingerprint density at radius 2 is 2.22 bits per heavy atom. The number of hydrogen-bond acceptors (Lipinski definition) is 0. The fourth-order valence-electron chi connectivity index (χ4n) is 2.85. The molecular weight excluding hydrogens is 446 g/mol. The molecule has 0 spiro atoms. The van der Waals surface area contributed by atoms with Gasteiger partial charge in [0.15, 0.2) is 0 Å². The Kier molecular flexibility index (Phi) is 4.57. The first-order chi connectivity index (χ1) is 8.44. The van der Waals surface area contributed by atoms with Crippen molar-refractivity contribution < 1.29 is 0 Å². The predicted octanol–water partition coefficient (Wildman–Crippen LogP) is 5.95. The molecular formula is C16H18I2. The second-order valence-corrected chi connectivity index (χ2v) is 8.04. The van der Waals surface area contributed by atoms with Crippen LogP contribution in [0.25, 0.3) is 0 Å². The van der Waals surface area contributed by atoms with Crippen LogP contribution in [0.1, 0.15) is 43.7 Å². The lowest BCUT2D eigenvalue weighted by Gasteiger charge is -2.19. The molecule has 0 saturated carbocycles. The van der Waals surface area contributed by atoms with Gasteiger partial charge in [0.05, 0.1) is 0 Å². The Balaban J connectivity index is 2.31. The van der Waals surface area contributed by atoms with Crippen LogP contribution in [0.4, 0.5) is 0 Å². The van der Waals surface area contributed by atoms with Crippen molar-refractivity contribution in [1.82, 2.24) is 0 Å². The molecule has 0 N–H and O–H groups in total. The molecule has 0 aliphatic heterocycles. The van der Waals surface area contributed by atoms with Crippen molar-refractivity contribution in [3.8, 4) is 0 Å². The van der Waals surface area contributed by atoms with Gasteiger partial charge >= 0.3 is 0 Å². The molecule has 0 nitrogen and oxygen atoms in total. The molecule has 1 aliphatic rings. The van der Waals surface area contributed by atoms with Gasteiger partial charge in [-0.2, -0.15) is 0 Å². The third kappa shape index (κ3) is 3.00. The van der Waals surface area contributed by atoms with Gasteiger partial charge in [0.2, 0.25) is 0 Å². The van der Waals surface area contributed by atoms with Crippen LogP contribution >= 0.6 is 45.2 Å². The number of rotatable bonds is 3. The third-order valence-corrected chi connectivity index (χ3v) is 5.29. The molecule has 0 unspecified atom stereocenters. The zero-order chi connectivity index (χ0) is 13.3. The molecule has 2 rings (SSSR count). The molecule has 2 heteroatoms. The van der Waals surface area contributed by atoms with Crippen molar-refractivity contribution >= 4 is 45.2 Å². The lowest BCUT2D eigenvalue weighted by atomic mass is 9.86. The van der Waals surface area contributed by atoms with E-state index < -0.39 is 0 Å². The molecule has 18 heavy (non-hydrogen) atoms. The molecule has 0 saturated heterocycles. The molecule has 96 valence electrons. The predicted molar refractivity (Wildman–Crippen MR) is 96.5 cm³/mol. The van der Waals surface area contributed by atoms with E-state index in [1.54, 1.807) is 11.1 Å². The van der Waals surface area contributed by atoms with Crippen molar-refractivity contribution in [1.29, 1.82) is 0 Å². The van der Waals surface area contributed by atoms with Crippen molar-refractivity contribution in [2.45, 2.75) is 38.0 Å². The Labute approximate surface area is 137 Å². The van der Waals surface area contributed by atoms with E-state index >= 15 is 0 Å². The van der Waals surface area contributed by atoms with Crippen LogP contribution in [-0.2, 0) is 5.41 Å². The standard InChI is InChI=1S/C16H18I2/c1-4-12(17)6-5-11-10-16(2,3)15-9-13(18)7-8-14(11)15/h4,6-9,11H,1,5,10H2,2-3H3/b12-6+/t11-/m0/s1. The van der Waals surface area contributed by atoms with Crippen LogP contribution in [0.2, 0.25) is 0 Å². The van der Waals surface area contributed by atoms with E-state index in [1.165, 1.54) is 13.6 Å². The minimum atomic E-state index is 0.314. The van der Waals surface area contributed by atoms with Gasteiger partial charge in [-0.15, -0.1) is 0 Å². The molecule has 0 bridgehead atoms. The second-order valence-electron chi connectivity index (χ2n) is 5.55. The fourth-order valence-corrected chi connectivity index (χ4v) is 3.60. The van der Waals surface area contributed by atoms with E-state index in [2.05, 4.69) is 89.9 Å². The van der Waals surface area contributed by atoms with Crippen LogP contribution < -0.4 is 0 Å². The first kappa shape index (κ1) is 14.6. The summed E-state index contributed by atoms with van der Waals surface area (Å²) in [6, 6.07) is 6.92. The van der Waals surface area contributed by atoms with Crippen LogP contribution in [0.3, 0.4) is 0 Å². The largest absolute Gasteiger partial charge is 0.0980 e. The maximum absolute atomic E-state index is 3.81. The van der Waals surface area contributed by atoms with E-state index in [-0.39, 0.29) is 0 Å². The minimum Gasteiger partial charge on any atom is -0.0980 e. The highest BCUT2D eigenvalue weighted by atomic mass is 127. The van der Waals surface area contributed by atoms with Crippen molar-refractivity contribution in [3.63, 3.8) is 0 Å². The summed E-state index contributed by atoms with van der Waals surface area (Å²) in [5, 5.41) is 0. The van der Waals surface area contributed by atoms with Crippen molar-refractivity contribution in [3.05, 3.63) is 55.2 Å². The quantitative estimate of drug-likeness (QED) is 0.383. The van der Waals surface area contributed by atoms with Crippen LogP contribution in [0.5, 0.6) is 0 Å². The number of hydrogen-bond donors (Lipinski definition) is 0. The monoisotopic (exact) mass is 464 g/mol. The summed E-state index contributed by atoms with van der Waals surface area (Å²) >= 11 is 4.76. The lowest BCUT2D eigenvalue weighted by Crippen LogP contribution is -2.12. The smallest absolute Gasteiger partial charge is 0.0133 e. The zero-order valence-corrected chi connectivity index (χ0v) is 15.2. The van der Waals surface area contributed by atoms with Crippen molar-refractivity contribution in [2.75, 3.05) is 0 Å². The number of halogens is 2. The normalized spacial score (nSPS) is 21.8. The van der Waals surface area contributed by atoms with Gasteiger partial charge in [-0.25, -0.2) is 0 Å². The van der Waals surface area contributed by atoms with Gasteiger partial charge in [0, 0.05) is 7.15 Å². The topological polar surface area (TPSA) is 0 Å². The summed E-state index contributed by atoms with van der Waals surface area (Å²) in [7, 11) is 0. The number of fused-ring (bicyclic) bond motifs is 1. The van der Waals surface area contributed by atoms with Gasteiger partial charge in [-0.1, -0.05) is 38.6 Å². The molecule has 1 aliphatic carbocycles. The Bertz CT molecular complexity index is 498. The molecule has 0 heterocycles. The first-order valence-corrected chi connectivity index (χ1v) is 8.38. The third-order valence-electron chi connectivity index (χ3n) is 3.73. The van der Waals surface area contributed by atoms with Gasteiger partial charge in [-0.3, -0.25) is 0 Å². The maximum Gasteiger partial charge on any atom is 0.0133 e. The van der Waals surface area contributed by atoms with E-state index in [4.69, 9.17) is 0 Å². The van der Waals surface area contributed by atoms with Crippen LogP contribution in [-0.4, -0.2) is 0 Å². The average molecular weight is 464 g/mol.